The molecule has 1 rings (SSSR count). The first-order valence-corrected chi connectivity index (χ1v) is 8.08. The van der Waals surface area contributed by atoms with Crippen LogP contribution in [-0.2, 0) is 20.9 Å². The van der Waals surface area contributed by atoms with Gasteiger partial charge in [0.05, 0.1) is 6.61 Å². The fraction of sp³-hybridized carbons (Fsp3) is 0.500. The van der Waals surface area contributed by atoms with Crippen molar-refractivity contribution in [2.75, 3.05) is 20.2 Å². The van der Waals surface area contributed by atoms with E-state index in [1.807, 2.05) is 30.3 Å². The molecule has 0 saturated heterocycles. The lowest BCUT2D eigenvalue weighted by atomic mass is 9.87. The minimum absolute atomic E-state index is 0.0544. The van der Waals surface area contributed by atoms with E-state index >= 15 is 0 Å². The summed E-state index contributed by atoms with van der Waals surface area (Å²) in [6.07, 6.45) is -1.56. The van der Waals surface area contributed by atoms with Crippen molar-refractivity contribution in [1.29, 1.82) is 0 Å². The Bertz CT molecular complexity index is 601. The summed E-state index contributed by atoms with van der Waals surface area (Å²) in [5.74, 6) is -1.93. The Morgan fingerprint density at radius 1 is 1.20 bits per heavy atom. The van der Waals surface area contributed by atoms with Crippen molar-refractivity contribution in [2.24, 2.45) is 5.41 Å². The van der Waals surface area contributed by atoms with Crippen molar-refractivity contribution in [2.45, 2.75) is 32.9 Å². The van der Waals surface area contributed by atoms with Gasteiger partial charge in [-0.15, -0.1) is 0 Å². The molecule has 0 radical (unpaired) electrons. The average Bonchev–Trinajstić information content (AvgIpc) is 2.60. The number of rotatable bonds is 9. The number of carbonyl (C=O) groups is 3. The third-order valence-electron chi connectivity index (χ3n) is 3.90. The highest BCUT2D eigenvalue weighted by Crippen LogP contribution is 2.19. The van der Waals surface area contributed by atoms with E-state index in [0.717, 1.165) is 5.56 Å². The second-order valence-corrected chi connectivity index (χ2v) is 6.66. The Morgan fingerprint density at radius 2 is 1.80 bits per heavy atom. The van der Waals surface area contributed by atoms with Crippen LogP contribution in [0, 0.1) is 5.41 Å². The Balaban J connectivity index is 2.43. The van der Waals surface area contributed by atoms with Gasteiger partial charge in [-0.1, -0.05) is 44.2 Å². The van der Waals surface area contributed by atoms with Gasteiger partial charge >= 0.3 is 0 Å². The minimum Gasteiger partial charge on any atom is -0.396 e. The van der Waals surface area contributed by atoms with Crippen molar-refractivity contribution >= 4 is 17.6 Å². The Morgan fingerprint density at radius 3 is 2.36 bits per heavy atom. The van der Waals surface area contributed by atoms with Gasteiger partial charge in [0, 0.05) is 32.0 Å². The number of aliphatic hydroxyl groups excluding tert-OH is 2. The number of aliphatic hydroxyl groups is 2. The van der Waals surface area contributed by atoms with Crippen LogP contribution in [0.4, 0.5) is 0 Å². The van der Waals surface area contributed by atoms with Crippen LogP contribution in [0.3, 0.4) is 0 Å². The normalized spacial score (nSPS) is 12.4. The van der Waals surface area contributed by atoms with Gasteiger partial charge in [0.1, 0.15) is 6.10 Å². The van der Waals surface area contributed by atoms with E-state index in [9.17, 15) is 19.5 Å². The molecule has 7 heteroatoms. The topological polar surface area (TPSA) is 107 Å². The van der Waals surface area contributed by atoms with Crippen LogP contribution in [-0.4, -0.2) is 59.0 Å². The van der Waals surface area contributed by atoms with E-state index in [4.69, 9.17) is 5.11 Å². The first-order valence-electron chi connectivity index (χ1n) is 8.08. The first-order chi connectivity index (χ1) is 11.7. The van der Waals surface area contributed by atoms with E-state index in [2.05, 4.69) is 5.32 Å². The van der Waals surface area contributed by atoms with E-state index < -0.39 is 29.1 Å². The van der Waals surface area contributed by atoms with Crippen molar-refractivity contribution in [3.8, 4) is 0 Å². The monoisotopic (exact) mass is 350 g/mol. The van der Waals surface area contributed by atoms with E-state index in [-0.39, 0.29) is 19.6 Å². The van der Waals surface area contributed by atoms with Crippen LogP contribution >= 0.6 is 0 Å². The summed E-state index contributed by atoms with van der Waals surface area (Å²) in [4.78, 5) is 37.1. The van der Waals surface area contributed by atoms with E-state index in [1.165, 1.54) is 4.90 Å². The molecule has 0 aliphatic rings. The lowest BCUT2D eigenvalue weighted by Gasteiger charge is -2.27. The highest BCUT2D eigenvalue weighted by atomic mass is 16.3. The molecule has 0 spiro atoms. The maximum Gasteiger partial charge on any atom is 0.290 e. The molecule has 3 N–H and O–H groups in total. The summed E-state index contributed by atoms with van der Waals surface area (Å²) in [5, 5.41) is 21.4. The summed E-state index contributed by atoms with van der Waals surface area (Å²) in [7, 11) is 1.54. The number of hydrogen-bond acceptors (Lipinski definition) is 5. The molecule has 1 aromatic carbocycles. The molecule has 2 amide bonds. The zero-order valence-corrected chi connectivity index (χ0v) is 14.9. The predicted molar refractivity (Wildman–Crippen MR) is 92.4 cm³/mol. The summed E-state index contributed by atoms with van der Waals surface area (Å²) in [5.41, 5.74) is -0.0754. The first kappa shape index (κ1) is 20.8. The van der Waals surface area contributed by atoms with Gasteiger partial charge in [-0.2, -0.15) is 0 Å². The molecular weight excluding hydrogens is 324 g/mol. The van der Waals surface area contributed by atoms with Crippen LogP contribution in [0.15, 0.2) is 30.3 Å². The number of hydrogen-bond donors (Lipinski definition) is 3. The van der Waals surface area contributed by atoms with Crippen LogP contribution in [0.1, 0.15) is 25.8 Å². The van der Waals surface area contributed by atoms with E-state index in [1.54, 1.807) is 20.9 Å². The summed E-state index contributed by atoms with van der Waals surface area (Å²) in [6, 6.07) is 9.29. The SMILES string of the molecule is CN(Cc1ccccc1)C(=O)C(=O)CCNC(=O)C(O)C(C)(C)CO. The maximum absolute atomic E-state index is 12.0. The minimum atomic E-state index is -1.40. The lowest BCUT2D eigenvalue weighted by molar-refractivity contribution is -0.144. The zero-order valence-electron chi connectivity index (χ0n) is 14.9. The third kappa shape index (κ3) is 6.28. The molecule has 1 aromatic rings. The number of amides is 2. The molecular formula is C18H26N2O5. The van der Waals surface area contributed by atoms with Crippen molar-refractivity contribution < 1.29 is 24.6 Å². The number of likely N-dealkylation sites (N-methyl/N-ethyl adjacent to an activating group) is 1. The second-order valence-electron chi connectivity index (χ2n) is 6.66. The number of nitrogens with one attached hydrogen (secondary N) is 1. The number of ketones is 1. The highest BCUT2D eigenvalue weighted by Gasteiger charge is 2.32. The molecule has 0 bridgehead atoms. The van der Waals surface area contributed by atoms with Gasteiger partial charge in [0.2, 0.25) is 11.7 Å². The van der Waals surface area contributed by atoms with Gasteiger partial charge in [-0.3, -0.25) is 14.4 Å². The molecule has 1 atom stereocenters. The molecule has 7 nitrogen and oxygen atoms in total. The third-order valence-corrected chi connectivity index (χ3v) is 3.90. The van der Waals surface area contributed by atoms with Crippen LogP contribution in [0.25, 0.3) is 0 Å². The van der Waals surface area contributed by atoms with Crippen molar-refractivity contribution in [3.05, 3.63) is 35.9 Å². The standard InChI is InChI=1S/C18H26N2O5/c1-18(2,12-21)15(23)16(24)19-10-9-14(22)17(25)20(3)11-13-7-5-4-6-8-13/h4-8,15,21,23H,9-12H2,1-3H3,(H,19,24). The Labute approximate surface area is 147 Å². The zero-order chi connectivity index (χ0) is 19.0. The molecule has 1 unspecified atom stereocenters. The quantitative estimate of drug-likeness (QED) is 0.548. The maximum atomic E-state index is 12.0. The van der Waals surface area contributed by atoms with Crippen molar-refractivity contribution in [1.82, 2.24) is 10.2 Å². The molecule has 0 aromatic heterocycles. The molecule has 138 valence electrons. The fourth-order valence-corrected chi connectivity index (χ4v) is 2.09. The lowest BCUT2D eigenvalue weighted by Crippen LogP contribution is -2.46. The van der Waals surface area contributed by atoms with E-state index in [0.29, 0.717) is 6.54 Å². The van der Waals surface area contributed by atoms with Crippen LogP contribution in [0.2, 0.25) is 0 Å². The van der Waals surface area contributed by atoms with Gasteiger partial charge in [0.15, 0.2) is 0 Å². The molecule has 0 aliphatic heterocycles. The average molecular weight is 350 g/mol. The van der Waals surface area contributed by atoms with Gasteiger partial charge in [0.25, 0.3) is 5.91 Å². The Kier molecular flexibility index (Phi) is 7.73. The number of carbonyl (C=O) groups excluding carboxylic acids is 3. The second kappa shape index (κ2) is 9.29. The van der Waals surface area contributed by atoms with Gasteiger partial charge < -0.3 is 20.4 Å². The Hall–Kier alpha value is -2.25. The number of nitrogens with zero attached hydrogens (tertiary/aromatic N) is 1. The fourth-order valence-electron chi connectivity index (χ4n) is 2.09. The number of benzene rings is 1. The molecule has 0 heterocycles. The molecule has 0 aliphatic carbocycles. The largest absolute Gasteiger partial charge is 0.396 e. The molecule has 0 saturated carbocycles. The summed E-state index contributed by atoms with van der Waals surface area (Å²) < 4.78 is 0. The molecule has 25 heavy (non-hydrogen) atoms. The molecule has 0 fully saturated rings. The van der Waals surface area contributed by atoms with Crippen LogP contribution < -0.4 is 5.32 Å². The highest BCUT2D eigenvalue weighted by molar-refractivity contribution is 6.36. The predicted octanol–water partition coefficient (Wildman–Crippen LogP) is 0.0998. The summed E-state index contributed by atoms with van der Waals surface area (Å²) in [6.45, 7) is 3.00. The van der Waals surface area contributed by atoms with Gasteiger partial charge in [-0.25, -0.2) is 0 Å². The van der Waals surface area contributed by atoms with Crippen LogP contribution in [0.5, 0.6) is 0 Å². The smallest absolute Gasteiger partial charge is 0.290 e. The summed E-state index contributed by atoms with van der Waals surface area (Å²) >= 11 is 0. The number of Topliss-reactive ketones (excluding diaryl/α,β-unsaturated/α-hetero) is 1. The van der Waals surface area contributed by atoms with Crippen molar-refractivity contribution in [3.63, 3.8) is 0 Å². The van der Waals surface area contributed by atoms with Gasteiger partial charge in [-0.05, 0) is 5.56 Å².